The van der Waals surface area contributed by atoms with Crippen LogP contribution in [-0.4, -0.2) is 18.4 Å². The zero-order valence-electron chi connectivity index (χ0n) is 9.69. The van der Waals surface area contributed by atoms with E-state index in [1.807, 2.05) is 18.2 Å². The molecule has 1 atom stereocenters. The number of rotatable bonds is 1. The summed E-state index contributed by atoms with van der Waals surface area (Å²) in [6.45, 7) is 4.72. The highest BCUT2D eigenvalue weighted by Crippen LogP contribution is 2.27. The first-order valence-corrected chi connectivity index (χ1v) is 5.66. The van der Waals surface area contributed by atoms with Crippen molar-refractivity contribution >= 4 is 5.78 Å². The first-order chi connectivity index (χ1) is 7.59. The van der Waals surface area contributed by atoms with Crippen molar-refractivity contribution < 1.29 is 9.53 Å². The van der Waals surface area contributed by atoms with Crippen LogP contribution in [0.15, 0.2) is 18.2 Å². The maximum absolute atomic E-state index is 12.0. The average Bonchev–Trinajstić information content (AvgIpc) is 2.40. The first-order valence-electron chi connectivity index (χ1n) is 5.66. The average molecular weight is 219 g/mol. The monoisotopic (exact) mass is 219 g/mol. The molecule has 1 aliphatic rings. The Hall–Kier alpha value is -1.35. The minimum absolute atomic E-state index is 0.00463. The van der Waals surface area contributed by atoms with Gasteiger partial charge in [-0.3, -0.25) is 4.79 Å². The molecule has 0 unspecified atom stereocenters. The molecule has 86 valence electrons. The smallest absolute Gasteiger partial charge is 0.183 e. The van der Waals surface area contributed by atoms with Crippen LogP contribution >= 0.6 is 0 Å². The fourth-order valence-electron chi connectivity index (χ4n) is 1.85. The van der Waals surface area contributed by atoms with E-state index < -0.39 is 6.04 Å². The van der Waals surface area contributed by atoms with Gasteiger partial charge in [-0.1, -0.05) is 19.9 Å². The van der Waals surface area contributed by atoms with Gasteiger partial charge >= 0.3 is 0 Å². The van der Waals surface area contributed by atoms with Crippen molar-refractivity contribution in [3.8, 4) is 5.75 Å². The zero-order chi connectivity index (χ0) is 11.7. The van der Waals surface area contributed by atoms with Crippen LogP contribution in [0.2, 0.25) is 0 Å². The van der Waals surface area contributed by atoms with Crippen LogP contribution in [0.4, 0.5) is 0 Å². The summed E-state index contributed by atoms with van der Waals surface area (Å²) in [4.78, 5) is 12.0. The molecule has 0 spiro atoms. The van der Waals surface area contributed by atoms with Crippen LogP contribution in [0.5, 0.6) is 5.75 Å². The Morgan fingerprint density at radius 2 is 2.19 bits per heavy atom. The summed E-state index contributed by atoms with van der Waals surface area (Å²) in [6.07, 6.45) is 0.588. The van der Waals surface area contributed by atoms with Crippen molar-refractivity contribution in [1.29, 1.82) is 0 Å². The van der Waals surface area contributed by atoms with E-state index in [-0.39, 0.29) is 5.78 Å². The lowest BCUT2D eigenvalue weighted by atomic mass is 9.96. The van der Waals surface area contributed by atoms with E-state index >= 15 is 0 Å². The number of hydrogen-bond acceptors (Lipinski definition) is 3. The van der Waals surface area contributed by atoms with Crippen molar-refractivity contribution in [2.24, 2.45) is 5.73 Å². The number of ketones is 1. The van der Waals surface area contributed by atoms with E-state index in [0.717, 1.165) is 5.56 Å². The Balaban J connectivity index is 2.46. The van der Waals surface area contributed by atoms with E-state index in [9.17, 15) is 4.79 Å². The number of Topliss-reactive ketones (excluding diaryl/α,β-unsaturated/α-hetero) is 1. The number of benzene rings is 1. The van der Waals surface area contributed by atoms with Gasteiger partial charge in [0.25, 0.3) is 0 Å². The third-order valence-corrected chi connectivity index (χ3v) is 2.96. The molecule has 0 saturated heterocycles. The SMILES string of the molecule is CC(C)c1ccc2c(c1)C(=O)[C@H](N)CCO2. The van der Waals surface area contributed by atoms with Gasteiger partial charge in [0.05, 0.1) is 18.2 Å². The van der Waals surface area contributed by atoms with Crippen molar-refractivity contribution in [3.05, 3.63) is 29.3 Å². The number of carbonyl (C=O) groups excluding carboxylic acids is 1. The van der Waals surface area contributed by atoms with Crippen molar-refractivity contribution in [1.82, 2.24) is 0 Å². The number of carbonyl (C=O) groups is 1. The summed E-state index contributed by atoms with van der Waals surface area (Å²) in [5, 5.41) is 0. The van der Waals surface area contributed by atoms with Gasteiger partial charge in [0.2, 0.25) is 0 Å². The van der Waals surface area contributed by atoms with Gasteiger partial charge in [0.15, 0.2) is 5.78 Å². The third-order valence-electron chi connectivity index (χ3n) is 2.96. The summed E-state index contributed by atoms with van der Waals surface area (Å²) in [6, 6.07) is 5.37. The second-order valence-electron chi connectivity index (χ2n) is 4.52. The highest BCUT2D eigenvalue weighted by atomic mass is 16.5. The number of nitrogens with two attached hydrogens (primary N) is 1. The highest BCUT2D eigenvalue weighted by molar-refractivity contribution is 6.02. The van der Waals surface area contributed by atoms with Crippen molar-refractivity contribution in [2.75, 3.05) is 6.61 Å². The fraction of sp³-hybridized carbons (Fsp3) is 0.462. The molecule has 0 fully saturated rings. The van der Waals surface area contributed by atoms with E-state index in [1.165, 1.54) is 0 Å². The maximum atomic E-state index is 12.0. The summed E-state index contributed by atoms with van der Waals surface area (Å²) in [5.41, 5.74) is 7.57. The van der Waals surface area contributed by atoms with Gasteiger partial charge in [0.1, 0.15) is 5.75 Å². The lowest BCUT2D eigenvalue weighted by Gasteiger charge is -2.11. The Bertz CT molecular complexity index is 412. The number of ether oxygens (including phenoxy) is 1. The molecule has 2 rings (SSSR count). The van der Waals surface area contributed by atoms with Gasteiger partial charge in [-0.25, -0.2) is 0 Å². The Morgan fingerprint density at radius 1 is 1.44 bits per heavy atom. The summed E-state index contributed by atoms with van der Waals surface area (Å²) in [7, 11) is 0. The van der Waals surface area contributed by atoms with Gasteiger partial charge < -0.3 is 10.5 Å². The molecule has 0 amide bonds. The molecule has 1 aliphatic heterocycles. The molecule has 0 aromatic heterocycles. The molecule has 1 heterocycles. The molecule has 2 N–H and O–H groups in total. The minimum atomic E-state index is -0.427. The zero-order valence-corrected chi connectivity index (χ0v) is 9.69. The van der Waals surface area contributed by atoms with Crippen LogP contribution in [0.25, 0.3) is 0 Å². The van der Waals surface area contributed by atoms with Gasteiger partial charge in [-0.05, 0) is 23.6 Å². The number of hydrogen-bond donors (Lipinski definition) is 1. The molecule has 0 radical (unpaired) electrons. The van der Waals surface area contributed by atoms with Crippen LogP contribution in [0.3, 0.4) is 0 Å². The van der Waals surface area contributed by atoms with Crippen molar-refractivity contribution in [3.63, 3.8) is 0 Å². The quantitative estimate of drug-likeness (QED) is 0.787. The lowest BCUT2D eigenvalue weighted by molar-refractivity contribution is 0.0960. The van der Waals surface area contributed by atoms with Gasteiger partial charge in [0, 0.05) is 6.42 Å². The van der Waals surface area contributed by atoms with E-state index in [0.29, 0.717) is 30.3 Å². The predicted molar refractivity (Wildman–Crippen MR) is 62.9 cm³/mol. The molecule has 3 nitrogen and oxygen atoms in total. The molecule has 3 heteroatoms. The second kappa shape index (κ2) is 4.26. The summed E-state index contributed by atoms with van der Waals surface area (Å²) >= 11 is 0. The standard InChI is InChI=1S/C13H17NO2/c1-8(2)9-3-4-12-10(7-9)13(15)11(14)5-6-16-12/h3-4,7-8,11H,5-6,14H2,1-2H3/t11-/m1/s1. The van der Waals surface area contributed by atoms with Crippen LogP contribution in [0, 0.1) is 0 Å². The lowest BCUT2D eigenvalue weighted by Crippen LogP contribution is -2.30. The molecular weight excluding hydrogens is 202 g/mol. The molecule has 0 saturated carbocycles. The second-order valence-corrected chi connectivity index (χ2v) is 4.52. The molecular formula is C13H17NO2. The fourth-order valence-corrected chi connectivity index (χ4v) is 1.85. The van der Waals surface area contributed by atoms with Crippen LogP contribution in [-0.2, 0) is 0 Å². The van der Waals surface area contributed by atoms with Gasteiger partial charge in [-0.2, -0.15) is 0 Å². The topological polar surface area (TPSA) is 52.3 Å². The minimum Gasteiger partial charge on any atom is -0.493 e. The largest absolute Gasteiger partial charge is 0.493 e. The van der Waals surface area contributed by atoms with Crippen LogP contribution < -0.4 is 10.5 Å². The first kappa shape index (κ1) is 11.1. The highest BCUT2D eigenvalue weighted by Gasteiger charge is 2.23. The molecule has 1 aromatic rings. The molecule has 1 aromatic carbocycles. The molecule has 0 aliphatic carbocycles. The molecule has 0 bridgehead atoms. The number of fused-ring (bicyclic) bond motifs is 1. The van der Waals surface area contributed by atoms with Crippen LogP contribution in [0.1, 0.15) is 42.1 Å². The predicted octanol–water partition coefficient (Wildman–Crippen LogP) is 2.10. The Morgan fingerprint density at radius 3 is 2.88 bits per heavy atom. The molecule has 16 heavy (non-hydrogen) atoms. The third kappa shape index (κ3) is 1.95. The summed E-state index contributed by atoms with van der Waals surface area (Å²) in [5.74, 6) is 1.06. The Kier molecular flexibility index (Phi) is 2.97. The van der Waals surface area contributed by atoms with E-state index in [2.05, 4.69) is 13.8 Å². The normalized spacial score (nSPS) is 20.2. The summed E-state index contributed by atoms with van der Waals surface area (Å²) < 4.78 is 5.52. The Labute approximate surface area is 95.6 Å². The van der Waals surface area contributed by atoms with Gasteiger partial charge in [-0.15, -0.1) is 0 Å². The van der Waals surface area contributed by atoms with Crippen molar-refractivity contribution in [2.45, 2.75) is 32.2 Å². The maximum Gasteiger partial charge on any atom is 0.183 e. The van der Waals surface area contributed by atoms with E-state index in [1.54, 1.807) is 0 Å². The van der Waals surface area contributed by atoms with E-state index in [4.69, 9.17) is 10.5 Å².